The lowest BCUT2D eigenvalue weighted by Gasteiger charge is -2.40. The van der Waals surface area contributed by atoms with Crippen LogP contribution in [0.1, 0.15) is 13.3 Å². The maximum Gasteiger partial charge on any atom is 0.311 e. The fourth-order valence-corrected chi connectivity index (χ4v) is 2.68. The van der Waals surface area contributed by atoms with Crippen LogP contribution in [0.5, 0.6) is 0 Å². The van der Waals surface area contributed by atoms with Crippen molar-refractivity contribution in [1.29, 1.82) is 0 Å². The smallest absolute Gasteiger partial charge is 0.311 e. The van der Waals surface area contributed by atoms with Crippen LogP contribution in [-0.2, 0) is 9.59 Å². The van der Waals surface area contributed by atoms with E-state index in [4.69, 9.17) is 0 Å². The second-order valence-corrected chi connectivity index (χ2v) is 4.50. The van der Waals surface area contributed by atoms with Crippen molar-refractivity contribution in [2.45, 2.75) is 13.3 Å². The van der Waals surface area contributed by atoms with Crippen LogP contribution in [0.25, 0.3) is 0 Å². The zero-order valence-corrected chi connectivity index (χ0v) is 8.82. The molecular formula is C10H16N2O3. The van der Waals surface area contributed by atoms with Crippen molar-refractivity contribution in [1.82, 2.24) is 10.2 Å². The Bertz CT molecular complexity index is 305. The predicted molar refractivity (Wildman–Crippen MR) is 53.3 cm³/mol. The van der Waals surface area contributed by atoms with Gasteiger partial charge in [0, 0.05) is 39.0 Å². The van der Waals surface area contributed by atoms with Crippen molar-refractivity contribution in [3.05, 3.63) is 0 Å². The molecule has 2 saturated heterocycles. The summed E-state index contributed by atoms with van der Waals surface area (Å²) < 4.78 is 0. The van der Waals surface area contributed by atoms with Gasteiger partial charge in [0.25, 0.3) is 0 Å². The van der Waals surface area contributed by atoms with Gasteiger partial charge in [-0.05, 0) is 6.42 Å². The zero-order valence-electron chi connectivity index (χ0n) is 8.82. The highest BCUT2D eigenvalue weighted by Crippen LogP contribution is 2.39. The molecule has 0 aromatic heterocycles. The number of fused-ring (bicyclic) bond motifs is 1. The Morgan fingerprint density at radius 2 is 2.27 bits per heavy atom. The number of carbonyl (C=O) groups is 2. The summed E-state index contributed by atoms with van der Waals surface area (Å²) >= 11 is 0. The van der Waals surface area contributed by atoms with E-state index in [0.29, 0.717) is 32.6 Å². The number of piperidine rings is 1. The van der Waals surface area contributed by atoms with Gasteiger partial charge in [0.15, 0.2) is 0 Å². The lowest BCUT2D eigenvalue weighted by Crippen LogP contribution is -2.52. The molecule has 0 unspecified atom stereocenters. The van der Waals surface area contributed by atoms with E-state index in [1.165, 1.54) is 6.92 Å². The lowest BCUT2D eigenvalue weighted by molar-refractivity contribution is -0.155. The molecule has 0 aliphatic carbocycles. The average Bonchev–Trinajstić information content (AvgIpc) is 2.60. The van der Waals surface area contributed by atoms with Crippen LogP contribution in [0, 0.1) is 11.3 Å². The molecule has 0 bridgehead atoms. The van der Waals surface area contributed by atoms with E-state index in [0.717, 1.165) is 0 Å². The van der Waals surface area contributed by atoms with Crippen molar-refractivity contribution in [3.63, 3.8) is 0 Å². The summed E-state index contributed by atoms with van der Waals surface area (Å²) in [4.78, 5) is 24.3. The van der Waals surface area contributed by atoms with Crippen LogP contribution in [0.15, 0.2) is 0 Å². The molecule has 15 heavy (non-hydrogen) atoms. The van der Waals surface area contributed by atoms with E-state index in [1.54, 1.807) is 4.90 Å². The minimum Gasteiger partial charge on any atom is -0.481 e. The number of rotatable bonds is 1. The zero-order chi connectivity index (χ0) is 11.1. The van der Waals surface area contributed by atoms with Crippen LogP contribution in [0.2, 0.25) is 0 Å². The normalized spacial score (nSPS) is 35.0. The number of carboxylic acids is 1. The third kappa shape index (κ3) is 1.51. The summed E-state index contributed by atoms with van der Waals surface area (Å²) in [5.41, 5.74) is -0.633. The summed E-state index contributed by atoms with van der Waals surface area (Å²) in [6.45, 7) is 3.93. The molecule has 84 valence electrons. The van der Waals surface area contributed by atoms with Crippen LogP contribution in [0.4, 0.5) is 0 Å². The van der Waals surface area contributed by atoms with Gasteiger partial charge in [0.2, 0.25) is 5.91 Å². The van der Waals surface area contributed by atoms with Crippen molar-refractivity contribution in [2.75, 3.05) is 26.2 Å². The lowest BCUT2D eigenvalue weighted by atomic mass is 9.72. The van der Waals surface area contributed by atoms with Crippen molar-refractivity contribution in [3.8, 4) is 0 Å². The highest BCUT2D eigenvalue weighted by molar-refractivity contribution is 5.78. The Morgan fingerprint density at radius 1 is 1.53 bits per heavy atom. The molecule has 0 aromatic rings. The summed E-state index contributed by atoms with van der Waals surface area (Å²) in [5, 5.41) is 12.4. The van der Waals surface area contributed by atoms with E-state index in [-0.39, 0.29) is 11.8 Å². The fraction of sp³-hybridized carbons (Fsp3) is 0.800. The number of hydrogen-bond acceptors (Lipinski definition) is 3. The number of likely N-dealkylation sites (tertiary alicyclic amines) is 1. The predicted octanol–water partition coefficient (Wildman–Crippen LogP) is -0.471. The first-order valence-electron chi connectivity index (χ1n) is 5.26. The number of hydrogen-bond donors (Lipinski definition) is 2. The Hall–Kier alpha value is -1.10. The van der Waals surface area contributed by atoms with Crippen molar-refractivity contribution < 1.29 is 14.7 Å². The molecule has 5 nitrogen and oxygen atoms in total. The molecule has 2 N–H and O–H groups in total. The van der Waals surface area contributed by atoms with Crippen molar-refractivity contribution in [2.24, 2.45) is 11.3 Å². The van der Waals surface area contributed by atoms with Crippen LogP contribution < -0.4 is 5.32 Å². The maximum atomic E-state index is 11.3. The summed E-state index contributed by atoms with van der Waals surface area (Å²) in [6, 6.07) is 0. The monoisotopic (exact) mass is 212 g/mol. The van der Waals surface area contributed by atoms with Gasteiger partial charge in [0.05, 0.1) is 5.41 Å². The van der Waals surface area contributed by atoms with Gasteiger partial charge in [-0.3, -0.25) is 9.59 Å². The molecule has 5 heteroatoms. The van der Waals surface area contributed by atoms with Crippen LogP contribution in [0.3, 0.4) is 0 Å². The van der Waals surface area contributed by atoms with E-state index in [2.05, 4.69) is 5.32 Å². The van der Waals surface area contributed by atoms with E-state index in [1.807, 2.05) is 0 Å². The van der Waals surface area contributed by atoms with E-state index < -0.39 is 11.4 Å². The quantitative estimate of drug-likeness (QED) is 0.616. The average molecular weight is 212 g/mol. The first-order valence-corrected chi connectivity index (χ1v) is 5.26. The van der Waals surface area contributed by atoms with Gasteiger partial charge in [-0.25, -0.2) is 0 Å². The van der Waals surface area contributed by atoms with E-state index >= 15 is 0 Å². The minimum atomic E-state index is -0.722. The Balaban J connectivity index is 2.16. The SMILES string of the molecule is CC(=O)N1CC[C@]2(C(=O)O)CNC[C@@H]2C1. The standard InChI is InChI=1S/C10H16N2O3/c1-7(13)12-3-2-10(9(14)15)6-11-4-8(10)5-12/h8,11H,2-6H2,1H3,(H,14,15)/t8-,10+/m1/s1. The molecule has 0 saturated carbocycles. The third-order valence-corrected chi connectivity index (χ3v) is 3.75. The second-order valence-electron chi connectivity index (χ2n) is 4.50. The largest absolute Gasteiger partial charge is 0.481 e. The van der Waals surface area contributed by atoms with Gasteiger partial charge in [-0.1, -0.05) is 0 Å². The Kier molecular flexibility index (Phi) is 2.42. The van der Waals surface area contributed by atoms with Gasteiger partial charge in [-0.2, -0.15) is 0 Å². The highest BCUT2D eigenvalue weighted by Gasteiger charge is 2.52. The number of nitrogens with one attached hydrogen (secondary N) is 1. The molecule has 0 spiro atoms. The third-order valence-electron chi connectivity index (χ3n) is 3.75. The van der Waals surface area contributed by atoms with Crippen LogP contribution in [-0.4, -0.2) is 48.1 Å². The topological polar surface area (TPSA) is 69.6 Å². The molecule has 0 radical (unpaired) electrons. The van der Waals surface area contributed by atoms with Gasteiger partial charge >= 0.3 is 5.97 Å². The molecule has 2 aliphatic rings. The fourth-order valence-electron chi connectivity index (χ4n) is 2.68. The Labute approximate surface area is 88.4 Å². The number of carboxylic acid groups (broad SMARTS) is 1. The molecular weight excluding hydrogens is 196 g/mol. The van der Waals surface area contributed by atoms with Gasteiger partial charge in [-0.15, -0.1) is 0 Å². The minimum absolute atomic E-state index is 0.0425. The summed E-state index contributed by atoms with van der Waals surface area (Å²) in [6.07, 6.45) is 0.569. The van der Waals surface area contributed by atoms with Gasteiger partial charge in [0.1, 0.15) is 0 Å². The number of carbonyl (C=O) groups excluding carboxylic acids is 1. The summed E-state index contributed by atoms with van der Waals surface area (Å²) in [7, 11) is 0. The van der Waals surface area contributed by atoms with E-state index in [9.17, 15) is 14.7 Å². The molecule has 0 aromatic carbocycles. The number of nitrogens with zero attached hydrogens (tertiary/aromatic N) is 1. The molecule has 2 atom stereocenters. The first-order chi connectivity index (χ1) is 7.06. The molecule has 1 amide bonds. The molecule has 2 aliphatic heterocycles. The summed E-state index contributed by atoms with van der Waals surface area (Å²) in [5.74, 6) is -0.616. The number of amides is 1. The van der Waals surface area contributed by atoms with Gasteiger partial charge < -0.3 is 15.3 Å². The highest BCUT2D eigenvalue weighted by atomic mass is 16.4. The molecule has 2 heterocycles. The van der Waals surface area contributed by atoms with Crippen LogP contribution >= 0.6 is 0 Å². The Morgan fingerprint density at radius 3 is 2.87 bits per heavy atom. The number of aliphatic carboxylic acids is 1. The van der Waals surface area contributed by atoms with Crippen molar-refractivity contribution >= 4 is 11.9 Å². The maximum absolute atomic E-state index is 11.3. The molecule has 2 fully saturated rings. The first kappa shape index (κ1) is 10.4. The molecule has 2 rings (SSSR count). The second kappa shape index (κ2) is 3.48.